The molecule has 0 radical (unpaired) electrons. The van der Waals surface area contributed by atoms with E-state index >= 15 is 0 Å². The maximum atomic E-state index is 12.9. The topological polar surface area (TPSA) is 186 Å². The van der Waals surface area contributed by atoms with E-state index in [-0.39, 0.29) is 23.7 Å². The zero-order valence-electron chi connectivity index (χ0n) is 17.6. The van der Waals surface area contributed by atoms with Crippen LogP contribution in [0, 0.1) is 0 Å². The zero-order chi connectivity index (χ0) is 24.1. The molecule has 3 atom stereocenters. The van der Waals surface area contributed by atoms with Crippen molar-refractivity contribution in [3.63, 3.8) is 0 Å². The number of anilines is 1. The molecule has 176 valence electrons. The fourth-order valence-corrected chi connectivity index (χ4v) is 5.19. The number of nitrogens with two attached hydrogens (primary N) is 1. The van der Waals surface area contributed by atoms with E-state index in [9.17, 15) is 24.3 Å². The van der Waals surface area contributed by atoms with Crippen molar-refractivity contribution in [3.8, 4) is 0 Å². The summed E-state index contributed by atoms with van der Waals surface area (Å²) in [6, 6.07) is 3.86. The number of aryl methyl sites for hydroxylation is 1. The van der Waals surface area contributed by atoms with Crippen molar-refractivity contribution >= 4 is 41.3 Å². The van der Waals surface area contributed by atoms with Gasteiger partial charge in [-0.25, -0.2) is 14.3 Å². The molecule has 5 rings (SSSR count). The Morgan fingerprint density at radius 1 is 1.29 bits per heavy atom. The van der Waals surface area contributed by atoms with E-state index in [2.05, 4.69) is 20.8 Å². The van der Waals surface area contributed by atoms with Gasteiger partial charge in [0.2, 0.25) is 11.1 Å². The molecule has 2 aromatic rings. The molecule has 4 N–H and O–H groups in total. The van der Waals surface area contributed by atoms with Gasteiger partial charge in [0.15, 0.2) is 0 Å². The number of nitrogens with one attached hydrogen (secondary N) is 1. The Balaban J connectivity index is 1.33. The van der Waals surface area contributed by atoms with Crippen molar-refractivity contribution in [3.05, 3.63) is 41.1 Å². The molecular weight excluding hydrogens is 468 g/mol. The molecule has 2 fully saturated rings. The van der Waals surface area contributed by atoms with Gasteiger partial charge in [0.1, 0.15) is 24.6 Å². The normalized spacial score (nSPS) is 23.0. The summed E-state index contributed by atoms with van der Waals surface area (Å²) >= 11 is 1.22. The predicted molar refractivity (Wildman–Crippen MR) is 114 cm³/mol. The quantitative estimate of drug-likeness (QED) is 0.345. The lowest BCUT2D eigenvalue weighted by atomic mass is 9.89. The van der Waals surface area contributed by atoms with Crippen molar-refractivity contribution in [2.75, 3.05) is 17.8 Å². The highest BCUT2D eigenvalue weighted by molar-refractivity contribution is 7.99. The minimum absolute atomic E-state index is 0.136. The van der Waals surface area contributed by atoms with Crippen LogP contribution in [0.4, 0.5) is 10.5 Å². The largest absolute Gasteiger partial charge is 0.477 e. The highest BCUT2D eigenvalue weighted by Gasteiger charge is 2.65. The van der Waals surface area contributed by atoms with Crippen LogP contribution in [-0.4, -0.2) is 89.6 Å². The predicted octanol–water partition coefficient (Wildman–Crippen LogP) is -0.777. The monoisotopic (exact) mass is 486 g/mol. The minimum atomic E-state index is -1.25. The number of β-lactam (4-membered cyclic amide) rings is 1. The smallest absolute Gasteiger partial charge is 0.352 e. The number of carboxylic acids is 1. The molecule has 0 saturated carbocycles. The Bertz CT molecular complexity index is 1240. The van der Waals surface area contributed by atoms with E-state index in [1.807, 2.05) is 0 Å². The number of nitrogens with zero attached hydrogens (tertiary/aromatic N) is 6. The second-order valence-corrected chi connectivity index (χ2v) is 8.70. The Morgan fingerprint density at radius 2 is 2.03 bits per heavy atom. The third kappa shape index (κ3) is 3.36. The molecular formula is C19H18N8O6S. The first-order valence-corrected chi connectivity index (χ1v) is 11.0. The molecule has 0 bridgehead atoms. The van der Waals surface area contributed by atoms with Gasteiger partial charge >= 0.3 is 12.0 Å². The number of aromatic nitrogens is 4. The molecule has 3 aliphatic heterocycles. The van der Waals surface area contributed by atoms with Gasteiger partial charge in [0.05, 0.1) is 6.04 Å². The van der Waals surface area contributed by atoms with Gasteiger partial charge in [-0.1, -0.05) is 11.8 Å². The van der Waals surface area contributed by atoms with Crippen LogP contribution in [0.5, 0.6) is 0 Å². The van der Waals surface area contributed by atoms with E-state index in [0.717, 1.165) is 0 Å². The summed E-state index contributed by atoms with van der Waals surface area (Å²) in [5.74, 6) is -2.13. The van der Waals surface area contributed by atoms with Crippen LogP contribution < -0.4 is 11.1 Å². The number of urea groups is 1. The van der Waals surface area contributed by atoms with Crippen LogP contribution in [0.25, 0.3) is 0 Å². The number of benzene rings is 1. The summed E-state index contributed by atoms with van der Waals surface area (Å²) in [5.41, 5.74) is 6.20. The summed E-state index contributed by atoms with van der Waals surface area (Å²) in [7, 11) is 1.66. The lowest BCUT2D eigenvalue weighted by Crippen LogP contribution is -2.75. The highest BCUT2D eigenvalue weighted by atomic mass is 32.2. The van der Waals surface area contributed by atoms with Gasteiger partial charge in [-0.3, -0.25) is 19.4 Å². The third-order valence-corrected chi connectivity index (χ3v) is 6.92. The first-order valence-electron chi connectivity index (χ1n) is 10.0. The van der Waals surface area contributed by atoms with E-state index in [4.69, 9.17) is 10.5 Å². The van der Waals surface area contributed by atoms with Crippen LogP contribution in [0.3, 0.4) is 0 Å². The average molecular weight is 486 g/mol. The van der Waals surface area contributed by atoms with Gasteiger partial charge in [-0.05, 0) is 34.7 Å². The molecule has 1 aromatic heterocycles. The van der Waals surface area contributed by atoms with Gasteiger partial charge in [0.25, 0.3) is 5.91 Å². The number of hydrogen-bond donors (Lipinski definition) is 3. The lowest BCUT2D eigenvalue weighted by molar-refractivity contribution is -0.179. The number of tetrazole rings is 1. The summed E-state index contributed by atoms with van der Waals surface area (Å²) in [5, 5.41) is 24.1. The number of carboxylic acid groups (broad SMARTS) is 1. The first kappa shape index (κ1) is 21.8. The van der Waals surface area contributed by atoms with Crippen LogP contribution >= 0.6 is 11.8 Å². The number of carbonyl (C=O) groups excluding carboxylic acids is 3. The van der Waals surface area contributed by atoms with Gasteiger partial charge in [-0.15, -0.1) is 5.10 Å². The Labute approximate surface area is 195 Å². The minimum Gasteiger partial charge on any atom is -0.477 e. The van der Waals surface area contributed by atoms with E-state index in [1.165, 1.54) is 50.5 Å². The molecule has 1 unspecified atom stereocenters. The molecule has 1 aromatic carbocycles. The van der Waals surface area contributed by atoms with Crippen LogP contribution in [0.1, 0.15) is 10.4 Å². The van der Waals surface area contributed by atoms with E-state index in [1.54, 1.807) is 7.05 Å². The molecule has 0 spiro atoms. The van der Waals surface area contributed by atoms with Crippen molar-refractivity contribution in [1.82, 2.24) is 30.0 Å². The molecule has 14 nitrogen and oxygen atoms in total. The van der Waals surface area contributed by atoms with Gasteiger partial charge in [0, 0.05) is 29.6 Å². The third-order valence-electron chi connectivity index (χ3n) is 5.86. The fourth-order valence-electron chi connectivity index (χ4n) is 4.28. The van der Waals surface area contributed by atoms with Crippen LogP contribution in [0.15, 0.2) is 40.7 Å². The molecule has 15 heteroatoms. The second kappa shape index (κ2) is 8.11. The molecule has 2 saturated heterocycles. The van der Waals surface area contributed by atoms with Crippen molar-refractivity contribution < 1.29 is 29.0 Å². The zero-order valence-corrected chi connectivity index (χ0v) is 18.4. The number of amides is 4. The number of carbonyl (C=O) groups is 4. The van der Waals surface area contributed by atoms with Crippen LogP contribution in [0.2, 0.25) is 0 Å². The van der Waals surface area contributed by atoms with Gasteiger partial charge in [-0.2, -0.15) is 0 Å². The summed E-state index contributed by atoms with van der Waals surface area (Å²) < 4.78 is 7.33. The van der Waals surface area contributed by atoms with E-state index in [0.29, 0.717) is 16.4 Å². The maximum Gasteiger partial charge on any atom is 0.352 e. The molecule has 34 heavy (non-hydrogen) atoms. The average Bonchev–Trinajstić information content (AvgIpc) is 3.36. The maximum absolute atomic E-state index is 12.9. The van der Waals surface area contributed by atoms with Crippen LogP contribution in [-0.2, 0) is 21.4 Å². The number of rotatable bonds is 6. The molecule has 4 heterocycles. The first-order chi connectivity index (χ1) is 16.3. The Morgan fingerprint density at radius 3 is 2.65 bits per heavy atom. The summed E-state index contributed by atoms with van der Waals surface area (Å²) in [6.45, 7) is -0.205. The van der Waals surface area contributed by atoms with Crippen molar-refractivity contribution in [2.24, 2.45) is 12.8 Å². The van der Waals surface area contributed by atoms with E-state index < -0.39 is 42.0 Å². The summed E-state index contributed by atoms with van der Waals surface area (Å²) in [6.07, 6.45) is -0.665. The highest BCUT2D eigenvalue weighted by Crippen LogP contribution is 2.46. The van der Waals surface area contributed by atoms with Crippen molar-refractivity contribution in [2.45, 2.75) is 23.3 Å². The number of thioether (sulfide) groups is 1. The van der Waals surface area contributed by atoms with Crippen molar-refractivity contribution in [1.29, 1.82) is 0 Å². The van der Waals surface area contributed by atoms with Gasteiger partial charge < -0.3 is 20.9 Å². The summed E-state index contributed by atoms with van der Waals surface area (Å²) in [4.78, 5) is 51.5. The fraction of sp³-hybridized carbons (Fsp3) is 0.316. The number of aliphatic carboxylic acids is 1. The standard InChI is InChI=1S/C19H18N8O6S/c1-25-19(22-23-24-25)34-6-10-11(17(30)31)27-12-13(16(27)29)26(7-33-14(10)12)18(32)21-9-4-2-8(3-5-9)15(20)28/h2-5,12-14H,6-7H2,1H3,(H2,20,28)(H,21,32)(H,30,31)/t12-,13-,14?/m0/s1. The Kier molecular flexibility index (Phi) is 5.21. The SMILES string of the molecule is Cn1nnnc1SCC1=C(C(=O)O)N2C(=O)[C@@H]3[C@H]2C1OCN3C(=O)Nc1ccc(C(N)=O)cc1. The second-order valence-electron chi connectivity index (χ2n) is 7.75. The lowest BCUT2D eigenvalue weighted by Gasteiger charge is -2.52. The molecule has 0 aliphatic carbocycles. The molecule has 3 aliphatic rings. The molecule has 4 amide bonds. The number of ether oxygens (including phenoxy) is 1. The number of hydrogen-bond acceptors (Lipinski definition) is 9. The number of primary amides is 1. The Hall–Kier alpha value is -3.98.